The monoisotopic (exact) mass is 239 g/mol. The summed E-state index contributed by atoms with van der Waals surface area (Å²) < 4.78 is 12.8. The van der Waals surface area contributed by atoms with Crippen molar-refractivity contribution < 1.29 is 4.39 Å². The molecule has 0 saturated carbocycles. The fourth-order valence-electron chi connectivity index (χ4n) is 1.20. The topological polar surface area (TPSA) is 90.7 Å². The third-order valence-electron chi connectivity index (χ3n) is 1.84. The van der Waals surface area contributed by atoms with Gasteiger partial charge >= 0.3 is 0 Å². The molecule has 1 aromatic heterocycles. The number of aromatic nitrogens is 3. The molecule has 1 heterocycles. The van der Waals surface area contributed by atoms with Crippen LogP contribution in [0, 0.1) is 5.82 Å². The zero-order valence-corrected chi connectivity index (χ0v) is 8.74. The molecule has 0 aliphatic rings. The van der Waals surface area contributed by atoms with Crippen molar-refractivity contribution in [1.29, 1.82) is 0 Å². The van der Waals surface area contributed by atoms with Crippen molar-refractivity contribution in [2.24, 2.45) is 0 Å². The average Bonchev–Trinajstić information content (AvgIpc) is 2.15. The lowest BCUT2D eigenvalue weighted by Gasteiger charge is -2.04. The lowest BCUT2D eigenvalue weighted by atomic mass is 10.2. The van der Waals surface area contributed by atoms with E-state index in [0.717, 1.165) is 6.07 Å². The van der Waals surface area contributed by atoms with E-state index in [-0.39, 0.29) is 22.7 Å². The van der Waals surface area contributed by atoms with Crippen LogP contribution in [-0.4, -0.2) is 15.0 Å². The fraction of sp³-hybridized carbons (Fsp3) is 0. The number of hydrogen-bond acceptors (Lipinski definition) is 5. The Morgan fingerprint density at radius 2 is 1.69 bits per heavy atom. The molecule has 82 valence electrons. The maximum atomic E-state index is 12.8. The van der Waals surface area contributed by atoms with Crippen LogP contribution in [0.4, 0.5) is 16.3 Å². The number of benzene rings is 1. The second kappa shape index (κ2) is 3.90. The van der Waals surface area contributed by atoms with Gasteiger partial charge in [-0.15, -0.1) is 0 Å². The van der Waals surface area contributed by atoms with E-state index in [1.165, 1.54) is 12.1 Å². The van der Waals surface area contributed by atoms with Crippen molar-refractivity contribution in [1.82, 2.24) is 15.0 Å². The number of nitrogens with zero attached hydrogens (tertiary/aromatic N) is 3. The number of anilines is 2. The standard InChI is InChI=1S/C9H7ClFN5/c10-6-3-4(11)1-2-5(6)7-14-8(12)16-9(13)15-7/h1-3H,(H4,12,13,14,15,16). The van der Waals surface area contributed by atoms with Crippen LogP contribution < -0.4 is 11.5 Å². The highest BCUT2D eigenvalue weighted by Gasteiger charge is 2.09. The fourth-order valence-corrected chi connectivity index (χ4v) is 1.45. The van der Waals surface area contributed by atoms with Crippen molar-refractivity contribution in [3.8, 4) is 11.4 Å². The van der Waals surface area contributed by atoms with E-state index in [9.17, 15) is 4.39 Å². The molecule has 0 aliphatic heterocycles. The van der Waals surface area contributed by atoms with Gasteiger partial charge in [0.1, 0.15) is 5.82 Å². The van der Waals surface area contributed by atoms with Gasteiger partial charge in [0.25, 0.3) is 0 Å². The zero-order valence-electron chi connectivity index (χ0n) is 7.98. The number of rotatable bonds is 1. The highest BCUT2D eigenvalue weighted by atomic mass is 35.5. The Morgan fingerprint density at radius 1 is 1.06 bits per heavy atom. The molecule has 5 nitrogen and oxygen atoms in total. The molecule has 0 aliphatic carbocycles. The molecule has 0 spiro atoms. The van der Waals surface area contributed by atoms with E-state index in [1.54, 1.807) is 0 Å². The number of halogens is 2. The highest BCUT2D eigenvalue weighted by Crippen LogP contribution is 2.26. The van der Waals surface area contributed by atoms with Crippen molar-refractivity contribution in [3.05, 3.63) is 29.0 Å². The first-order valence-electron chi connectivity index (χ1n) is 4.28. The van der Waals surface area contributed by atoms with Gasteiger partial charge in [0.05, 0.1) is 5.02 Å². The lowest BCUT2D eigenvalue weighted by Crippen LogP contribution is -2.04. The van der Waals surface area contributed by atoms with Crippen LogP contribution in [0.25, 0.3) is 11.4 Å². The molecular formula is C9H7ClFN5. The first kappa shape index (κ1) is 10.6. The first-order valence-corrected chi connectivity index (χ1v) is 4.66. The predicted molar refractivity (Wildman–Crippen MR) is 59.1 cm³/mol. The van der Waals surface area contributed by atoms with Crippen molar-refractivity contribution in [3.63, 3.8) is 0 Å². The first-order chi connectivity index (χ1) is 7.56. The molecular weight excluding hydrogens is 233 g/mol. The summed E-state index contributed by atoms with van der Waals surface area (Å²) in [5.41, 5.74) is 11.3. The SMILES string of the molecule is Nc1nc(N)nc(-c2ccc(F)cc2Cl)n1. The van der Waals surface area contributed by atoms with E-state index < -0.39 is 5.82 Å². The van der Waals surface area contributed by atoms with E-state index in [0.29, 0.717) is 5.56 Å². The summed E-state index contributed by atoms with van der Waals surface area (Å²) in [5, 5.41) is 0.185. The predicted octanol–water partition coefficient (Wildman–Crippen LogP) is 1.50. The summed E-state index contributed by atoms with van der Waals surface area (Å²) >= 11 is 5.85. The third kappa shape index (κ3) is 2.01. The van der Waals surface area contributed by atoms with Crippen LogP contribution in [0.15, 0.2) is 18.2 Å². The molecule has 0 unspecified atom stereocenters. The smallest absolute Gasteiger partial charge is 0.225 e. The molecule has 0 saturated heterocycles. The molecule has 0 bridgehead atoms. The minimum Gasteiger partial charge on any atom is -0.368 e. The maximum absolute atomic E-state index is 12.8. The summed E-state index contributed by atoms with van der Waals surface area (Å²) in [5.74, 6) is -0.246. The maximum Gasteiger partial charge on any atom is 0.225 e. The molecule has 1 aromatic carbocycles. The second-order valence-electron chi connectivity index (χ2n) is 3.00. The Bertz CT molecular complexity index is 525. The van der Waals surface area contributed by atoms with Gasteiger partial charge in [-0.1, -0.05) is 11.6 Å². The Balaban J connectivity index is 2.58. The van der Waals surface area contributed by atoms with Crippen molar-refractivity contribution in [2.75, 3.05) is 11.5 Å². The van der Waals surface area contributed by atoms with Gasteiger partial charge < -0.3 is 11.5 Å². The van der Waals surface area contributed by atoms with Gasteiger partial charge in [0.15, 0.2) is 5.82 Å². The van der Waals surface area contributed by atoms with Crippen LogP contribution in [0.1, 0.15) is 0 Å². The summed E-state index contributed by atoms with van der Waals surface area (Å²) in [6.07, 6.45) is 0. The molecule has 2 aromatic rings. The minimum absolute atomic E-state index is 0.0112. The minimum atomic E-state index is -0.441. The second-order valence-corrected chi connectivity index (χ2v) is 3.41. The van der Waals surface area contributed by atoms with Crippen molar-refractivity contribution >= 4 is 23.5 Å². The van der Waals surface area contributed by atoms with Crippen LogP contribution in [0.2, 0.25) is 5.02 Å². The highest BCUT2D eigenvalue weighted by molar-refractivity contribution is 6.33. The van der Waals surface area contributed by atoms with Crippen LogP contribution in [-0.2, 0) is 0 Å². The van der Waals surface area contributed by atoms with E-state index in [1.807, 2.05) is 0 Å². The van der Waals surface area contributed by atoms with Gasteiger partial charge in [-0.25, -0.2) is 4.39 Å². The van der Waals surface area contributed by atoms with Gasteiger partial charge in [0, 0.05) is 5.56 Å². The third-order valence-corrected chi connectivity index (χ3v) is 2.15. The molecule has 2 rings (SSSR count). The summed E-state index contributed by atoms with van der Waals surface area (Å²) in [7, 11) is 0. The summed E-state index contributed by atoms with van der Waals surface area (Å²) in [6.45, 7) is 0. The van der Waals surface area contributed by atoms with Crippen molar-refractivity contribution in [2.45, 2.75) is 0 Å². The molecule has 0 fully saturated rings. The summed E-state index contributed by atoms with van der Waals surface area (Å²) in [6, 6.07) is 3.86. The van der Waals surface area contributed by atoms with Gasteiger partial charge in [-0.05, 0) is 18.2 Å². The van der Waals surface area contributed by atoms with Crippen LogP contribution in [0.5, 0.6) is 0 Å². The number of hydrogen-bond donors (Lipinski definition) is 2. The normalized spacial score (nSPS) is 10.4. The molecule has 0 radical (unpaired) electrons. The Labute approximate surface area is 95.3 Å². The van der Waals surface area contributed by atoms with E-state index in [4.69, 9.17) is 23.1 Å². The largest absolute Gasteiger partial charge is 0.368 e. The number of nitrogen functional groups attached to an aromatic ring is 2. The zero-order chi connectivity index (χ0) is 11.7. The van der Waals surface area contributed by atoms with E-state index in [2.05, 4.69) is 15.0 Å². The van der Waals surface area contributed by atoms with Gasteiger partial charge in [-0.2, -0.15) is 15.0 Å². The Kier molecular flexibility index (Phi) is 2.57. The lowest BCUT2D eigenvalue weighted by molar-refractivity contribution is 0.628. The van der Waals surface area contributed by atoms with Crippen LogP contribution in [0.3, 0.4) is 0 Å². The molecule has 0 atom stereocenters. The molecule has 7 heteroatoms. The van der Waals surface area contributed by atoms with Gasteiger partial charge in [0.2, 0.25) is 11.9 Å². The number of nitrogens with two attached hydrogens (primary N) is 2. The summed E-state index contributed by atoms with van der Waals surface area (Å²) in [4.78, 5) is 11.4. The van der Waals surface area contributed by atoms with Crippen LogP contribution >= 0.6 is 11.6 Å². The van der Waals surface area contributed by atoms with Gasteiger partial charge in [-0.3, -0.25) is 0 Å². The quantitative estimate of drug-likeness (QED) is 0.787. The Hall–Kier alpha value is -1.95. The molecule has 4 N–H and O–H groups in total. The average molecular weight is 240 g/mol. The molecule has 16 heavy (non-hydrogen) atoms. The Morgan fingerprint density at radius 3 is 2.25 bits per heavy atom. The van der Waals surface area contributed by atoms with E-state index >= 15 is 0 Å². The molecule has 0 amide bonds.